The first-order chi connectivity index (χ1) is 10.2. The number of carbonyl (C=O) groups excluding carboxylic acids is 2. The fourth-order valence-corrected chi connectivity index (χ4v) is 1.75. The third kappa shape index (κ3) is 4.94. The first-order valence-electron chi connectivity index (χ1n) is 6.20. The summed E-state index contributed by atoms with van der Waals surface area (Å²) in [4.78, 5) is 32.8. The molecule has 1 fully saturated rings. The molecule has 22 heavy (non-hydrogen) atoms. The van der Waals surface area contributed by atoms with Crippen LogP contribution in [0.25, 0.3) is 0 Å². The van der Waals surface area contributed by atoms with Gasteiger partial charge in [-0.1, -0.05) is 0 Å². The van der Waals surface area contributed by atoms with Crippen LogP contribution in [0.3, 0.4) is 0 Å². The van der Waals surface area contributed by atoms with Crippen LogP contribution in [0.1, 0.15) is 16.8 Å². The van der Waals surface area contributed by atoms with Gasteiger partial charge in [-0.15, -0.1) is 0 Å². The lowest BCUT2D eigenvalue weighted by Crippen LogP contribution is -2.35. The van der Waals surface area contributed by atoms with Gasteiger partial charge < -0.3 is 31.1 Å². The Kier molecular flexibility index (Phi) is 5.70. The minimum atomic E-state index is -1.14. The summed E-state index contributed by atoms with van der Waals surface area (Å²) in [6.45, 7) is 0.137. The van der Waals surface area contributed by atoms with Crippen LogP contribution >= 0.6 is 0 Å². The number of benzene rings is 1. The van der Waals surface area contributed by atoms with E-state index in [9.17, 15) is 14.4 Å². The molecule has 1 heterocycles. The van der Waals surface area contributed by atoms with E-state index in [0.29, 0.717) is 0 Å². The second-order valence-corrected chi connectivity index (χ2v) is 4.61. The quantitative estimate of drug-likeness (QED) is 0.441. The van der Waals surface area contributed by atoms with E-state index in [4.69, 9.17) is 26.2 Å². The average Bonchev–Trinajstić information content (AvgIpc) is 2.71. The lowest BCUT2D eigenvalue weighted by molar-refractivity contribution is -0.132. The van der Waals surface area contributed by atoms with Gasteiger partial charge in [-0.25, -0.2) is 4.79 Å². The van der Waals surface area contributed by atoms with Crippen molar-refractivity contribution < 1.29 is 34.8 Å². The zero-order valence-corrected chi connectivity index (χ0v) is 11.5. The number of carboxylic acids is 1. The van der Waals surface area contributed by atoms with Crippen LogP contribution in [-0.2, 0) is 9.59 Å². The fraction of sp³-hybridized carbons (Fsp3) is 0.308. The van der Waals surface area contributed by atoms with Gasteiger partial charge in [0.1, 0.15) is 0 Å². The molecule has 0 spiro atoms. The fourth-order valence-electron chi connectivity index (χ4n) is 1.75. The Balaban J connectivity index is 0.000000220. The number of likely N-dealkylation sites (tertiary alicyclic amines) is 1. The van der Waals surface area contributed by atoms with Gasteiger partial charge in [0.2, 0.25) is 11.8 Å². The van der Waals surface area contributed by atoms with Crippen LogP contribution in [0.5, 0.6) is 11.5 Å². The normalized spacial score (nSPS) is 16.9. The maximum Gasteiger partial charge on any atom is 0.335 e. The van der Waals surface area contributed by atoms with Gasteiger partial charge in [0.15, 0.2) is 11.5 Å². The number of β-amino-alcohol motifs (C(OH)–C–C–N with tert-alkyl or cyclic N) is 1. The number of hydrogen-bond donors (Lipinski definition) is 5. The van der Waals surface area contributed by atoms with Gasteiger partial charge in [-0.3, -0.25) is 9.59 Å². The predicted octanol–water partition coefficient (Wildman–Crippen LogP) is -1.14. The van der Waals surface area contributed by atoms with Crippen molar-refractivity contribution in [3.8, 4) is 11.5 Å². The molecule has 1 atom stereocenters. The number of nitrogens with zero attached hydrogens (tertiary/aromatic N) is 1. The van der Waals surface area contributed by atoms with E-state index >= 15 is 0 Å². The second kappa shape index (κ2) is 7.27. The Labute approximate surface area is 125 Å². The summed E-state index contributed by atoms with van der Waals surface area (Å²) in [5.41, 5.74) is 4.81. The second-order valence-electron chi connectivity index (χ2n) is 4.61. The number of phenolic OH excluding ortho intramolecular Hbond substituents is 2. The minimum Gasteiger partial charge on any atom is -0.504 e. The summed E-state index contributed by atoms with van der Waals surface area (Å²) in [6, 6.07) is 3.31. The molecule has 9 heteroatoms. The molecule has 6 N–H and O–H groups in total. The number of rotatable bonds is 3. The highest BCUT2D eigenvalue weighted by atomic mass is 16.4. The largest absolute Gasteiger partial charge is 0.504 e. The zero-order chi connectivity index (χ0) is 16.9. The van der Waals surface area contributed by atoms with Crippen molar-refractivity contribution in [1.82, 2.24) is 4.90 Å². The number of aliphatic hydroxyl groups is 1. The van der Waals surface area contributed by atoms with Gasteiger partial charge in [0, 0.05) is 6.54 Å². The lowest BCUT2D eigenvalue weighted by atomic mass is 10.2. The first-order valence-corrected chi connectivity index (χ1v) is 6.20. The number of hydrogen-bond acceptors (Lipinski definition) is 6. The highest BCUT2D eigenvalue weighted by Crippen LogP contribution is 2.24. The summed E-state index contributed by atoms with van der Waals surface area (Å²) < 4.78 is 0. The molecule has 2 amide bonds. The monoisotopic (exact) mass is 312 g/mol. The van der Waals surface area contributed by atoms with Crippen molar-refractivity contribution in [2.75, 3.05) is 13.1 Å². The van der Waals surface area contributed by atoms with E-state index in [1.165, 1.54) is 11.0 Å². The number of nitrogens with two attached hydrogens (primary N) is 1. The minimum absolute atomic E-state index is 0.0553. The first kappa shape index (κ1) is 17.2. The van der Waals surface area contributed by atoms with Gasteiger partial charge in [0.25, 0.3) is 0 Å². The Bertz CT molecular complexity index is 588. The van der Waals surface area contributed by atoms with E-state index in [1.807, 2.05) is 0 Å². The third-order valence-corrected chi connectivity index (χ3v) is 2.76. The van der Waals surface area contributed by atoms with E-state index < -0.39 is 23.7 Å². The molecule has 0 saturated carbocycles. The summed E-state index contributed by atoms with van der Waals surface area (Å²) in [7, 11) is 0. The molecule has 2 rings (SSSR count). The molecule has 0 unspecified atom stereocenters. The van der Waals surface area contributed by atoms with E-state index in [-0.39, 0.29) is 36.7 Å². The standard InChI is InChI=1S/C7H6O4.C6H10N2O3/c8-5-2-1-4(7(10)11)3-6(5)9;7-5(10)3-8-2-4(9)1-6(8)11/h1-3,8-9H,(H,10,11);4,9H,1-3H2,(H2,7,10)/t;4-/m.0/s1. The third-order valence-electron chi connectivity index (χ3n) is 2.76. The van der Waals surface area contributed by atoms with Crippen molar-refractivity contribution in [3.63, 3.8) is 0 Å². The number of aromatic carboxylic acids is 1. The summed E-state index contributed by atoms with van der Waals surface area (Å²) in [6.07, 6.45) is -0.533. The zero-order valence-electron chi connectivity index (χ0n) is 11.5. The molecule has 0 aliphatic carbocycles. The molecule has 1 aliphatic heterocycles. The van der Waals surface area contributed by atoms with E-state index in [1.54, 1.807) is 0 Å². The molecule has 0 bridgehead atoms. The molecule has 1 aromatic carbocycles. The maximum absolute atomic E-state index is 10.9. The molecular weight excluding hydrogens is 296 g/mol. The number of primary amides is 1. The molecule has 0 radical (unpaired) electrons. The van der Waals surface area contributed by atoms with Crippen LogP contribution < -0.4 is 5.73 Å². The van der Waals surface area contributed by atoms with Gasteiger partial charge in [-0.2, -0.15) is 0 Å². The number of aliphatic hydroxyl groups excluding tert-OH is 1. The topological polar surface area (TPSA) is 161 Å². The number of phenols is 2. The van der Waals surface area contributed by atoms with Gasteiger partial charge >= 0.3 is 5.97 Å². The molecule has 9 nitrogen and oxygen atoms in total. The number of amides is 2. The molecule has 1 saturated heterocycles. The van der Waals surface area contributed by atoms with Crippen LogP contribution in [0.15, 0.2) is 18.2 Å². The van der Waals surface area contributed by atoms with E-state index in [2.05, 4.69) is 0 Å². The summed E-state index contributed by atoms with van der Waals surface area (Å²) >= 11 is 0. The van der Waals surface area contributed by atoms with Crippen molar-refractivity contribution in [3.05, 3.63) is 23.8 Å². The van der Waals surface area contributed by atoms with Gasteiger partial charge in [0.05, 0.1) is 24.6 Å². The van der Waals surface area contributed by atoms with E-state index in [0.717, 1.165) is 12.1 Å². The number of carbonyl (C=O) groups is 3. The van der Waals surface area contributed by atoms with Crippen molar-refractivity contribution in [1.29, 1.82) is 0 Å². The highest BCUT2D eigenvalue weighted by Gasteiger charge is 2.28. The SMILES string of the molecule is NC(=O)CN1C[C@@H](O)CC1=O.O=C(O)c1ccc(O)c(O)c1. The number of aromatic hydroxyl groups is 2. The van der Waals surface area contributed by atoms with Crippen LogP contribution in [-0.4, -0.2) is 62.3 Å². The molecule has 120 valence electrons. The molecular formula is C13H16N2O7. The molecule has 1 aliphatic rings. The summed E-state index contributed by atoms with van der Waals surface area (Å²) in [5, 5.41) is 35.0. The molecule has 1 aromatic rings. The van der Waals surface area contributed by atoms with Crippen LogP contribution in [0.2, 0.25) is 0 Å². The Hall–Kier alpha value is -2.81. The Morgan fingerprint density at radius 1 is 1.27 bits per heavy atom. The van der Waals surface area contributed by atoms with Crippen molar-refractivity contribution in [2.24, 2.45) is 5.73 Å². The lowest BCUT2D eigenvalue weighted by Gasteiger charge is -2.11. The van der Waals surface area contributed by atoms with Crippen LogP contribution in [0, 0.1) is 0 Å². The van der Waals surface area contributed by atoms with Crippen LogP contribution in [0.4, 0.5) is 0 Å². The summed E-state index contributed by atoms with van der Waals surface area (Å²) in [5.74, 6) is -2.65. The molecule has 0 aromatic heterocycles. The van der Waals surface area contributed by atoms with Gasteiger partial charge in [-0.05, 0) is 18.2 Å². The average molecular weight is 312 g/mol. The maximum atomic E-state index is 10.9. The van der Waals surface area contributed by atoms with Crippen molar-refractivity contribution >= 4 is 17.8 Å². The smallest absolute Gasteiger partial charge is 0.335 e. The predicted molar refractivity (Wildman–Crippen MR) is 73.1 cm³/mol. The van der Waals surface area contributed by atoms with Crippen molar-refractivity contribution in [2.45, 2.75) is 12.5 Å². The number of carboxylic acid groups (broad SMARTS) is 1. The Morgan fingerprint density at radius 2 is 1.91 bits per heavy atom. The highest BCUT2D eigenvalue weighted by molar-refractivity contribution is 5.88. The Morgan fingerprint density at radius 3 is 2.32 bits per heavy atom.